The standard InChI is InChI=1S/C22H27BrFN3O4/c23-10-6-4-2-1-3-5-7-11-25-17-13-15-14(12-16(17)24)21(30)27(22(15)31)18-8-9-19(28)26-20(18)29/h12-13,18,25H,1-11H2,(H,26,28,29). The fraction of sp³-hybridized carbons (Fsp3) is 0.545. The van der Waals surface area contributed by atoms with Crippen molar-refractivity contribution >= 4 is 45.2 Å². The molecule has 1 unspecified atom stereocenters. The van der Waals surface area contributed by atoms with Gasteiger partial charge in [0.1, 0.15) is 11.9 Å². The molecule has 1 saturated heterocycles. The van der Waals surface area contributed by atoms with Gasteiger partial charge in [-0.2, -0.15) is 0 Å². The van der Waals surface area contributed by atoms with E-state index >= 15 is 0 Å². The minimum absolute atomic E-state index is 0.0431. The number of hydrogen-bond donors (Lipinski definition) is 2. The molecule has 1 aromatic carbocycles. The first-order chi connectivity index (χ1) is 14.9. The van der Waals surface area contributed by atoms with Crippen LogP contribution in [0.25, 0.3) is 0 Å². The van der Waals surface area contributed by atoms with Gasteiger partial charge in [0.25, 0.3) is 11.8 Å². The van der Waals surface area contributed by atoms with E-state index in [0.29, 0.717) is 6.54 Å². The summed E-state index contributed by atoms with van der Waals surface area (Å²) in [6.45, 7) is 0.566. The fourth-order valence-corrected chi connectivity index (χ4v) is 4.35. The summed E-state index contributed by atoms with van der Waals surface area (Å²) < 4.78 is 14.5. The van der Waals surface area contributed by atoms with Gasteiger partial charge in [-0.3, -0.25) is 29.4 Å². The molecular weight excluding hydrogens is 469 g/mol. The Bertz CT molecular complexity index is 877. The first-order valence-electron chi connectivity index (χ1n) is 10.8. The number of alkyl halides is 1. The maximum absolute atomic E-state index is 14.5. The van der Waals surface area contributed by atoms with Gasteiger partial charge in [0.2, 0.25) is 11.8 Å². The van der Waals surface area contributed by atoms with Crippen LogP contribution in [-0.4, -0.2) is 46.4 Å². The monoisotopic (exact) mass is 495 g/mol. The first kappa shape index (κ1) is 23.4. The third kappa shape index (κ3) is 5.50. The van der Waals surface area contributed by atoms with E-state index in [4.69, 9.17) is 0 Å². The van der Waals surface area contributed by atoms with E-state index in [1.165, 1.54) is 31.7 Å². The van der Waals surface area contributed by atoms with E-state index in [2.05, 4.69) is 26.6 Å². The zero-order valence-corrected chi connectivity index (χ0v) is 18.9. The molecule has 7 nitrogen and oxygen atoms in total. The van der Waals surface area contributed by atoms with Crippen molar-refractivity contribution in [1.82, 2.24) is 10.2 Å². The molecule has 2 N–H and O–H groups in total. The van der Waals surface area contributed by atoms with Crippen molar-refractivity contribution in [2.75, 3.05) is 17.2 Å². The third-order valence-electron chi connectivity index (χ3n) is 5.65. The van der Waals surface area contributed by atoms with Crippen LogP contribution in [0.5, 0.6) is 0 Å². The highest BCUT2D eigenvalue weighted by Gasteiger charge is 2.45. The van der Waals surface area contributed by atoms with Crippen LogP contribution in [0.4, 0.5) is 10.1 Å². The number of piperidine rings is 1. The number of nitrogens with zero attached hydrogens (tertiary/aromatic N) is 1. The summed E-state index contributed by atoms with van der Waals surface area (Å²) in [5.41, 5.74) is 0.189. The average Bonchev–Trinajstić information content (AvgIpc) is 2.97. The number of nitrogens with one attached hydrogen (secondary N) is 2. The van der Waals surface area contributed by atoms with Gasteiger partial charge >= 0.3 is 0 Å². The number of benzene rings is 1. The molecule has 2 heterocycles. The molecule has 2 aliphatic heterocycles. The van der Waals surface area contributed by atoms with E-state index in [9.17, 15) is 23.6 Å². The minimum atomic E-state index is -1.06. The normalized spacial score (nSPS) is 18.4. The van der Waals surface area contributed by atoms with Crippen molar-refractivity contribution in [1.29, 1.82) is 0 Å². The Morgan fingerprint density at radius 1 is 0.968 bits per heavy atom. The molecule has 0 spiro atoms. The second-order valence-electron chi connectivity index (χ2n) is 7.92. The van der Waals surface area contributed by atoms with Gasteiger partial charge in [-0.15, -0.1) is 0 Å². The molecule has 9 heteroatoms. The summed E-state index contributed by atoms with van der Waals surface area (Å²) in [6.07, 6.45) is 7.99. The lowest BCUT2D eigenvalue weighted by Crippen LogP contribution is -2.54. The van der Waals surface area contributed by atoms with Gasteiger partial charge in [0.05, 0.1) is 16.8 Å². The number of halogens is 2. The largest absolute Gasteiger partial charge is 0.383 e. The van der Waals surface area contributed by atoms with E-state index < -0.39 is 35.5 Å². The summed E-state index contributed by atoms with van der Waals surface area (Å²) in [4.78, 5) is 49.8. The number of anilines is 1. The summed E-state index contributed by atoms with van der Waals surface area (Å²) in [5.74, 6) is -3.08. The van der Waals surface area contributed by atoms with Gasteiger partial charge in [0, 0.05) is 18.3 Å². The summed E-state index contributed by atoms with van der Waals surface area (Å²) >= 11 is 3.42. The minimum Gasteiger partial charge on any atom is -0.383 e. The second-order valence-corrected chi connectivity index (χ2v) is 8.71. The molecule has 0 radical (unpaired) electrons. The molecule has 4 amide bonds. The van der Waals surface area contributed by atoms with Crippen LogP contribution in [-0.2, 0) is 9.59 Å². The number of carbonyl (C=O) groups is 4. The Morgan fingerprint density at radius 3 is 2.23 bits per heavy atom. The molecule has 2 aliphatic rings. The molecule has 3 rings (SSSR count). The van der Waals surface area contributed by atoms with Crippen LogP contribution < -0.4 is 10.6 Å². The Balaban J connectivity index is 1.56. The Kier molecular flexibility index (Phi) is 8.17. The van der Waals surface area contributed by atoms with Crippen LogP contribution in [0, 0.1) is 5.82 Å². The van der Waals surface area contributed by atoms with Crippen molar-refractivity contribution in [3.63, 3.8) is 0 Å². The number of fused-ring (bicyclic) bond motifs is 1. The predicted molar refractivity (Wildman–Crippen MR) is 118 cm³/mol. The van der Waals surface area contributed by atoms with Crippen molar-refractivity contribution in [3.05, 3.63) is 29.1 Å². The van der Waals surface area contributed by atoms with Crippen LogP contribution in [0.1, 0.15) is 78.5 Å². The maximum Gasteiger partial charge on any atom is 0.262 e. The highest BCUT2D eigenvalue weighted by molar-refractivity contribution is 9.09. The molecule has 1 aromatic rings. The van der Waals surface area contributed by atoms with Crippen LogP contribution >= 0.6 is 15.9 Å². The molecule has 1 fully saturated rings. The number of carbonyl (C=O) groups excluding carboxylic acids is 4. The third-order valence-corrected chi connectivity index (χ3v) is 6.21. The highest BCUT2D eigenvalue weighted by Crippen LogP contribution is 2.31. The van der Waals surface area contributed by atoms with Crippen LogP contribution in [0.3, 0.4) is 0 Å². The molecule has 168 valence electrons. The quantitative estimate of drug-likeness (QED) is 0.276. The topological polar surface area (TPSA) is 95.6 Å². The van der Waals surface area contributed by atoms with Gasteiger partial charge in [0.15, 0.2) is 0 Å². The molecule has 0 aliphatic carbocycles. The van der Waals surface area contributed by atoms with Crippen LogP contribution in [0.15, 0.2) is 12.1 Å². The van der Waals surface area contributed by atoms with E-state index in [-0.39, 0.29) is 29.7 Å². The Hall–Kier alpha value is -2.29. The van der Waals surface area contributed by atoms with E-state index in [1.54, 1.807) is 0 Å². The van der Waals surface area contributed by atoms with Gasteiger partial charge in [-0.05, 0) is 31.4 Å². The number of rotatable bonds is 11. The Labute approximate surface area is 189 Å². The number of hydrogen-bond acceptors (Lipinski definition) is 5. The number of amides is 4. The lowest BCUT2D eigenvalue weighted by Gasteiger charge is -2.27. The zero-order chi connectivity index (χ0) is 22.4. The lowest BCUT2D eigenvalue weighted by molar-refractivity contribution is -0.136. The molecule has 0 aromatic heterocycles. The average molecular weight is 496 g/mol. The summed E-state index contributed by atoms with van der Waals surface area (Å²) in [6, 6.07) is 1.34. The molecule has 31 heavy (non-hydrogen) atoms. The smallest absolute Gasteiger partial charge is 0.262 e. The molecule has 0 saturated carbocycles. The van der Waals surface area contributed by atoms with Crippen LogP contribution in [0.2, 0.25) is 0 Å². The molecular formula is C22H27BrFN3O4. The summed E-state index contributed by atoms with van der Waals surface area (Å²) in [7, 11) is 0. The summed E-state index contributed by atoms with van der Waals surface area (Å²) in [5, 5.41) is 6.20. The lowest BCUT2D eigenvalue weighted by atomic mass is 10.0. The van der Waals surface area contributed by atoms with Gasteiger partial charge < -0.3 is 5.32 Å². The maximum atomic E-state index is 14.5. The first-order valence-corrected chi connectivity index (χ1v) is 11.9. The number of imide groups is 2. The molecule has 1 atom stereocenters. The molecule has 0 bridgehead atoms. The SMILES string of the molecule is O=C1CCC(N2C(=O)c3cc(F)c(NCCCCCCCCCBr)cc3C2=O)C(=O)N1. The van der Waals surface area contributed by atoms with Crippen molar-refractivity contribution < 1.29 is 23.6 Å². The number of unbranched alkanes of at least 4 members (excludes halogenated alkanes) is 6. The fourth-order valence-electron chi connectivity index (χ4n) is 3.95. The predicted octanol–water partition coefficient (Wildman–Crippen LogP) is 3.76. The highest BCUT2D eigenvalue weighted by atomic mass is 79.9. The van der Waals surface area contributed by atoms with Crippen molar-refractivity contribution in [3.8, 4) is 0 Å². The van der Waals surface area contributed by atoms with Crippen molar-refractivity contribution in [2.24, 2.45) is 0 Å². The van der Waals surface area contributed by atoms with Gasteiger partial charge in [-0.25, -0.2) is 4.39 Å². The van der Waals surface area contributed by atoms with E-state index in [1.807, 2.05) is 0 Å². The zero-order valence-electron chi connectivity index (χ0n) is 17.3. The Morgan fingerprint density at radius 2 is 1.58 bits per heavy atom. The van der Waals surface area contributed by atoms with Gasteiger partial charge in [-0.1, -0.05) is 48.0 Å². The van der Waals surface area contributed by atoms with Crippen molar-refractivity contribution in [2.45, 2.75) is 63.8 Å². The second kappa shape index (κ2) is 10.8. The van der Waals surface area contributed by atoms with E-state index in [0.717, 1.165) is 35.6 Å².